The van der Waals surface area contributed by atoms with Gasteiger partial charge in [0.2, 0.25) is 11.7 Å². The molecule has 108 valence electrons. The third-order valence-electron chi connectivity index (χ3n) is 2.95. The van der Waals surface area contributed by atoms with E-state index in [0.29, 0.717) is 17.5 Å². The Morgan fingerprint density at radius 1 is 1.40 bits per heavy atom. The summed E-state index contributed by atoms with van der Waals surface area (Å²) in [7, 11) is 0. The number of aliphatic hydroxyl groups is 1. The normalized spacial score (nSPS) is 12.4. The number of hydrogen-bond acceptors (Lipinski definition) is 5. The van der Waals surface area contributed by atoms with E-state index in [1.54, 1.807) is 6.92 Å². The Balaban J connectivity index is 2.07. The Labute approximate surface area is 118 Å². The van der Waals surface area contributed by atoms with Crippen LogP contribution < -0.4 is 4.74 Å². The highest BCUT2D eigenvalue weighted by atomic mass is 16.5. The number of aromatic nitrogens is 2. The molecule has 1 heterocycles. The van der Waals surface area contributed by atoms with Gasteiger partial charge in [-0.15, -0.1) is 0 Å². The average molecular weight is 276 g/mol. The van der Waals surface area contributed by atoms with Crippen LogP contribution in [0, 0.1) is 6.92 Å². The fourth-order valence-corrected chi connectivity index (χ4v) is 1.92. The van der Waals surface area contributed by atoms with Crippen molar-refractivity contribution in [3.63, 3.8) is 0 Å². The number of nitrogens with zero attached hydrogens (tertiary/aromatic N) is 2. The molecule has 0 amide bonds. The molecule has 0 spiro atoms. The van der Waals surface area contributed by atoms with E-state index in [4.69, 9.17) is 9.26 Å². The first-order valence-corrected chi connectivity index (χ1v) is 6.83. The smallest absolute Gasteiger partial charge is 0.226 e. The van der Waals surface area contributed by atoms with E-state index in [-0.39, 0.29) is 6.61 Å². The van der Waals surface area contributed by atoms with Crippen LogP contribution in [0.1, 0.15) is 49.2 Å². The summed E-state index contributed by atoms with van der Waals surface area (Å²) in [5.41, 5.74) is 1.83. The average Bonchev–Trinajstić information content (AvgIpc) is 2.84. The molecule has 0 aliphatic heterocycles. The largest absolute Gasteiger partial charge is 0.485 e. The molecular formula is C15H20N2O3. The fraction of sp³-hybridized carbons (Fsp3) is 0.467. The van der Waals surface area contributed by atoms with E-state index in [9.17, 15) is 5.11 Å². The van der Waals surface area contributed by atoms with Gasteiger partial charge in [-0.3, -0.25) is 0 Å². The first kappa shape index (κ1) is 14.5. The summed E-state index contributed by atoms with van der Waals surface area (Å²) in [6, 6.07) is 5.71. The Hall–Kier alpha value is -1.88. The predicted molar refractivity (Wildman–Crippen MR) is 74.4 cm³/mol. The molecule has 0 bridgehead atoms. The van der Waals surface area contributed by atoms with E-state index >= 15 is 0 Å². The minimum absolute atomic E-state index is 0.233. The summed E-state index contributed by atoms with van der Waals surface area (Å²) >= 11 is 0. The Morgan fingerprint density at radius 2 is 2.20 bits per heavy atom. The number of ether oxygens (including phenoxy) is 1. The zero-order chi connectivity index (χ0) is 14.5. The summed E-state index contributed by atoms with van der Waals surface area (Å²) in [5, 5.41) is 13.6. The summed E-state index contributed by atoms with van der Waals surface area (Å²) in [6.45, 7) is 5.98. The lowest BCUT2D eigenvalue weighted by atomic mass is 10.1. The van der Waals surface area contributed by atoms with E-state index in [2.05, 4.69) is 17.1 Å². The van der Waals surface area contributed by atoms with Crippen molar-refractivity contribution in [1.82, 2.24) is 10.1 Å². The van der Waals surface area contributed by atoms with Gasteiger partial charge < -0.3 is 14.4 Å². The fourth-order valence-electron chi connectivity index (χ4n) is 1.92. The molecule has 0 fully saturated rings. The quantitative estimate of drug-likeness (QED) is 0.878. The molecule has 0 saturated carbocycles. The van der Waals surface area contributed by atoms with Crippen molar-refractivity contribution < 1.29 is 14.4 Å². The van der Waals surface area contributed by atoms with Gasteiger partial charge in [0.05, 0.1) is 6.10 Å². The first-order chi connectivity index (χ1) is 9.60. The zero-order valence-corrected chi connectivity index (χ0v) is 12.1. The van der Waals surface area contributed by atoms with Crippen molar-refractivity contribution in [3.8, 4) is 5.75 Å². The predicted octanol–water partition coefficient (Wildman–Crippen LogP) is 2.96. The SMILES string of the molecule is CCCc1nc(COc2cc(C)ccc2[C@@H](C)O)no1. The van der Waals surface area contributed by atoms with Gasteiger partial charge in [0, 0.05) is 12.0 Å². The van der Waals surface area contributed by atoms with Crippen molar-refractivity contribution >= 4 is 0 Å². The Morgan fingerprint density at radius 3 is 2.90 bits per heavy atom. The molecule has 0 saturated heterocycles. The maximum Gasteiger partial charge on any atom is 0.226 e. The van der Waals surface area contributed by atoms with Crippen LogP contribution in [-0.4, -0.2) is 15.2 Å². The van der Waals surface area contributed by atoms with Crippen LogP contribution in [0.25, 0.3) is 0 Å². The molecule has 0 unspecified atom stereocenters. The second-order valence-corrected chi connectivity index (χ2v) is 4.86. The lowest BCUT2D eigenvalue weighted by Gasteiger charge is -2.13. The van der Waals surface area contributed by atoms with Crippen molar-refractivity contribution in [1.29, 1.82) is 0 Å². The van der Waals surface area contributed by atoms with Crippen molar-refractivity contribution in [2.75, 3.05) is 0 Å². The van der Waals surface area contributed by atoms with Crippen molar-refractivity contribution in [3.05, 3.63) is 41.0 Å². The molecule has 0 aliphatic rings. The van der Waals surface area contributed by atoms with E-state index in [1.165, 1.54) is 0 Å². The van der Waals surface area contributed by atoms with E-state index in [1.807, 2.05) is 25.1 Å². The van der Waals surface area contributed by atoms with Crippen LogP contribution >= 0.6 is 0 Å². The van der Waals surface area contributed by atoms with Crippen LogP contribution in [-0.2, 0) is 13.0 Å². The molecule has 5 heteroatoms. The molecular weight excluding hydrogens is 256 g/mol. The molecule has 1 aromatic heterocycles. The van der Waals surface area contributed by atoms with Crippen LogP contribution in [0.2, 0.25) is 0 Å². The third kappa shape index (κ3) is 3.57. The summed E-state index contributed by atoms with van der Waals surface area (Å²) in [5.74, 6) is 1.81. The summed E-state index contributed by atoms with van der Waals surface area (Å²) < 4.78 is 10.8. The summed E-state index contributed by atoms with van der Waals surface area (Å²) in [6.07, 6.45) is 1.16. The molecule has 20 heavy (non-hydrogen) atoms. The maximum atomic E-state index is 9.74. The van der Waals surface area contributed by atoms with Crippen LogP contribution in [0.5, 0.6) is 5.75 Å². The first-order valence-electron chi connectivity index (χ1n) is 6.83. The summed E-state index contributed by atoms with van der Waals surface area (Å²) in [4.78, 5) is 4.25. The molecule has 2 aromatic rings. The van der Waals surface area contributed by atoms with Gasteiger partial charge in [-0.25, -0.2) is 0 Å². The van der Waals surface area contributed by atoms with Crippen molar-refractivity contribution in [2.45, 2.75) is 46.3 Å². The zero-order valence-electron chi connectivity index (χ0n) is 12.1. The minimum atomic E-state index is -0.577. The van der Waals surface area contributed by atoms with Gasteiger partial charge >= 0.3 is 0 Å². The molecule has 1 atom stereocenters. The highest BCUT2D eigenvalue weighted by molar-refractivity contribution is 5.38. The van der Waals surface area contributed by atoms with Crippen molar-refractivity contribution in [2.24, 2.45) is 0 Å². The molecule has 2 rings (SSSR count). The number of hydrogen-bond donors (Lipinski definition) is 1. The lowest BCUT2D eigenvalue weighted by molar-refractivity contribution is 0.189. The highest BCUT2D eigenvalue weighted by Crippen LogP contribution is 2.26. The monoisotopic (exact) mass is 276 g/mol. The standard InChI is InChI=1S/C15H20N2O3/c1-4-5-15-16-14(17-20-15)9-19-13-8-10(2)6-7-12(13)11(3)18/h6-8,11,18H,4-5,9H2,1-3H3/t11-/m1/s1. The lowest BCUT2D eigenvalue weighted by Crippen LogP contribution is -2.02. The molecule has 0 radical (unpaired) electrons. The maximum absolute atomic E-state index is 9.74. The number of aliphatic hydroxyl groups excluding tert-OH is 1. The van der Waals surface area contributed by atoms with Gasteiger partial charge in [-0.1, -0.05) is 24.2 Å². The minimum Gasteiger partial charge on any atom is -0.485 e. The van der Waals surface area contributed by atoms with Crippen LogP contribution in [0.3, 0.4) is 0 Å². The van der Waals surface area contributed by atoms with E-state index < -0.39 is 6.10 Å². The topological polar surface area (TPSA) is 68.4 Å². The highest BCUT2D eigenvalue weighted by Gasteiger charge is 2.11. The Kier molecular flexibility index (Phi) is 4.74. The molecule has 1 N–H and O–H groups in total. The van der Waals surface area contributed by atoms with Gasteiger partial charge in [0.25, 0.3) is 0 Å². The molecule has 5 nitrogen and oxygen atoms in total. The Bertz CT molecular complexity index is 564. The van der Waals surface area contributed by atoms with E-state index in [0.717, 1.165) is 24.0 Å². The number of aryl methyl sites for hydroxylation is 2. The van der Waals surface area contributed by atoms with Gasteiger partial charge in [0.1, 0.15) is 5.75 Å². The van der Waals surface area contributed by atoms with Gasteiger partial charge in [-0.2, -0.15) is 4.98 Å². The van der Waals surface area contributed by atoms with Gasteiger partial charge in [0.15, 0.2) is 6.61 Å². The second-order valence-electron chi connectivity index (χ2n) is 4.86. The number of benzene rings is 1. The molecule has 1 aromatic carbocycles. The van der Waals surface area contributed by atoms with Crippen LogP contribution in [0.4, 0.5) is 0 Å². The van der Waals surface area contributed by atoms with Gasteiger partial charge in [-0.05, 0) is 31.9 Å². The second kappa shape index (κ2) is 6.52. The third-order valence-corrected chi connectivity index (χ3v) is 2.95. The number of rotatable bonds is 6. The molecule has 0 aliphatic carbocycles. The van der Waals surface area contributed by atoms with Crippen LogP contribution in [0.15, 0.2) is 22.7 Å².